The largest absolute Gasteiger partial charge is 0.306 e. The first-order chi connectivity index (χ1) is 15.9. The maximum absolute atomic E-state index is 12.9. The molecule has 2 N–H and O–H groups in total. The molecule has 0 aliphatic rings. The first-order valence-electron chi connectivity index (χ1n) is 10.1. The van der Waals surface area contributed by atoms with Gasteiger partial charge in [-0.3, -0.25) is 14.6 Å². The van der Waals surface area contributed by atoms with Gasteiger partial charge in [0.25, 0.3) is 11.5 Å². The molecule has 0 spiro atoms. The molecule has 164 valence electrons. The predicted molar refractivity (Wildman–Crippen MR) is 125 cm³/mol. The van der Waals surface area contributed by atoms with Gasteiger partial charge in [0.1, 0.15) is 11.2 Å². The zero-order chi connectivity index (χ0) is 23.1. The van der Waals surface area contributed by atoms with Gasteiger partial charge in [-0.25, -0.2) is 4.68 Å². The summed E-state index contributed by atoms with van der Waals surface area (Å²) >= 11 is 5.99. The summed E-state index contributed by atoms with van der Waals surface area (Å²) in [6, 6.07) is 16.0. The Bertz CT molecular complexity index is 1560. The molecular weight excluding hydrogens is 442 g/mol. The summed E-state index contributed by atoms with van der Waals surface area (Å²) in [6.45, 7) is 3.65. The Balaban J connectivity index is 1.59. The summed E-state index contributed by atoms with van der Waals surface area (Å²) in [7, 11) is 0. The molecule has 5 aromatic rings. The number of aromatic amines is 1. The lowest BCUT2D eigenvalue weighted by atomic mass is 10.1. The number of H-pyrrole nitrogens is 1. The SMILES string of the molecule is Cc1cc(NC(=O)c2ccccc2C)n(-c2nc3c(cnn3-c3ccc(Cl)cc3)c(=O)[nH]2)n1. The average molecular weight is 460 g/mol. The molecule has 0 fully saturated rings. The first kappa shape index (κ1) is 20.7. The third kappa shape index (κ3) is 3.79. The molecule has 9 nitrogen and oxygen atoms in total. The third-order valence-electron chi connectivity index (χ3n) is 5.16. The number of carbonyl (C=O) groups excluding carboxylic acids is 1. The summed E-state index contributed by atoms with van der Waals surface area (Å²) in [5.74, 6) is 0.237. The highest BCUT2D eigenvalue weighted by Gasteiger charge is 2.18. The van der Waals surface area contributed by atoms with Gasteiger partial charge in [0.15, 0.2) is 5.65 Å². The lowest BCUT2D eigenvalue weighted by molar-refractivity contribution is 0.102. The molecule has 0 unspecified atom stereocenters. The number of hydrogen-bond acceptors (Lipinski definition) is 5. The van der Waals surface area contributed by atoms with E-state index >= 15 is 0 Å². The van der Waals surface area contributed by atoms with E-state index in [1.807, 2.05) is 19.1 Å². The van der Waals surface area contributed by atoms with Gasteiger partial charge < -0.3 is 5.32 Å². The van der Waals surface area contributed by atoms with Crippen LogP contribution in [-0.2, 0) is 0 Å². The molecule has 0 bridgehead atoms. The molecule has 3 aromatic heterocycles. The fourth-order valence-corrected chi connectivity index (χ4v) is 3.67. The standard InChI is InChI=1S/C23H18ClN7O2/c1-13-5-3-4-6-17(13)21(32)26-19-11-14(2)29-31(19)23-27-20-18(22(33)28-23)12-25-30(20)16-9-7-15(24)8-10-16/h3-12H,1-2H3,(H,26,32)(H,27,28,33). The number of benzene rings is 2. The quantitative estimate of drug-likeness (QED) is 0.424. The van der Waals surface area contributed by atoms with Crippen molar-refractivity contribution in [2.24, 2.45) is 0 Å². The van der Waals surface area contributed by atoms with Gasteiger partial charge in [-0.05, 0) is 49.7 Å². The van der Waals surface area contributed by atoms with E-state index in [1.54, 1.807) is 54.1 Å². The monoisotopic (exact) mass is 459 g/mol. The number of anilines is 1. The Kier molecular flexibility index (Phi) is 5.02. The number of amides is 1. The van der Waals surface area contributed by atoms with Gasteiger partial charge >= 0.3 is 0 Å². The smallest absolute Gasteiger partial charge is 0.263 e. The highest BCUT2D eigenvalue weighted by atomic mass is 35.5. The van der Waals surface area contributed by atoms with E-state index in [1.165, 1.54) is 10.9 Å². The van der Waals surface area contributed by atoms with E-state index in [4.69, 9.17) is 11.6 Å². The minimum absolute atomic E-state index is 0.149. The summed E-state index contributed by atoms with van der Waals surface area (Å²) in [5.41, 5.74) is 2.70. The molecule has 33 heavy (non-hydrogen) atoms. The molecule has 0 aliphatic heterocycles. The summed E-state index contributed by atoms with van der Waals surface area (Å²) in [6.07, 6.45) is 1.45. The van der Waals surface area contributed by atoms with Crippen LogP contribution >= 0.6 is 11.6 Å². The zero-order valence-electron chi connectivity index (χ0n) is 17.7. The van der Waals surface area contributed by atoms with Gasteiger partial charge in [-0.15, -0.1) is 0 Å². The van der Waals surface area contributed by atoms with E-state index in [0.717, 1.165) is 5.56 Å². The Labute approximate surface area is 192 Å². The predicted octanol–water partition coefficient (Wildman–Crippen LogP) is 3.82. The van der Waals surface area contributed by atoms with Crippen molar-refractivity contribution in [2.75, 3.05) is 5.32 Å². The highest BCUT2D eigenvalue weighted by Crippen LogP contribution is 2.20. The van der Waals surface area contributed by atoms with E-state index in [0.29, 0.717) is 38.8 Å². The number of halogens is 1. The maximum Gasteiger partial charge on any atom is 0.263 e. The average Bonchev–Trinajstić information content (AvgIpc) is 3.38. The second-order valence-electron chi connectivity index (χ2n) is 7.51. The van der Waals surface area contributed by atoms with Gasteiger partial charge in [-0.1, -0.05) is 29.8 Å². The molecule has 5 rings (SSSR count). The van der Waals surface area contributed by atoms with Crippen LogP contribution in [-0.4, -0.2) is 35.4 Å². The van der Waals surface area contributed by atoms with Crippen molar-refractivity contribution in [3.05, 3.63) is 93.0 Å². The van der Waals surface area contributed by atoms with Crippen LogP contribution in [0.4, 0.5) is 5.82 Å². The number of rotatable bonds is 4. The van der Waals surface area contributed by atoms with Crippen molar-refractivity contribution >= 4 is 34.4 Å². The second-order valence-corrected chi connectivity index (χ2v) is 7.95. The van der Waals surface area contributed by atoms with Crippen molar-refractivity contribution in [1.82, 2.24) is 29.5 Å². The lowest BCUT2D eigenvalue weighted by Crippen LogP contribution is -2.19. The van der Waals surface area contributed by atoms with Crippen molar-refractivity contribution in [3.63, 3.8) is 0 Å². The number of carbonyl (C=O) groups is 1. The topological polar surface area (TPSA) is 110 Å². The molecule has 1 amide bonds. The molecule has 10 heteroatoms. The molecule has 0 saturated carbocycles. The van der Waals surface area contributed by atoms with Crippen LogP contribution in [0.25, 0.3) is 22.7 Å². The van der Waals surface area contributed by atoms with Crippen LogP contribution in [0.15, 0.2) is 65.6 Å². The number of hydrogen-bond donors (Lipinski definition) is 2. The second kappa shape index (κ2) is 8.03. The Hall–Kier alpha value is -4.24. The molecule has 0 aliphatic carbocycles. The maximum atomic E-state index is 12.9. The number of nitrogens with zero attached hydrogens (tertiary/aromatic N) is 5. The van der Waals surface area contributed by atoms with Crippen LogP contribution < -0.4 is 10.9 Å². The minimum atomic E-state index is -0.375. The zero-order valence-corrected chi connectivity index (χ0v) is 18.5. The summed E-state index contributed by atoms with van der Waals surface area (Å²) in [4.78, 5) is 33.0. The van der Waals surface area contributed by atoms with Crippen molar-refractivity contribution in [2.45, 2.75) is 13.8 Å². The Morgan fingerprint density at radius 1 is 1.06 bits per heavy atom. The van der Waals surface area contributed by atoms with Gasteiger partial charge in [0.05, 0.1) is 17.6 Å². The van der Waals surface area contributed by atoms with Gasteiger partial charge in [-0.2, -0.15) is 19.9 Å². The third-order valence-corrected chi connectivity index (χ3v) is 5.41. The van der Waals surface area contributed by atoms with E-state index in [-0.39, 0.29) is 17.4 Å². The summed E-state index contributed by atoms with van der Waals surface area (Å²) < 4.78 is 2.94. The summed E-state index contributed by atoms with van der Waals surface area (Å²) in [5, 5.41) is 12.5. The number of nitrogens with one attached hydrogen (secondary N) is 2. The molecular formula is C23H18ClN7O2. The number of aromatic nitrogens is 6. The van der Waals surface area contributed by atoms with Crippen LogP contribution in [0.5, 0.6) is 0 Å². The molecule has 0 saturated heterocycles. The molecule has 0 radical (unpaired) electrons. The van der Waals surface area contributed by atoms with Crippen LogP contribution in [0.3, 0.4) is 0 Å². The molecule has 2 aromatic carbocycles. The van der Waals surface area contributed by atoms with Crippen molar-refractivity contribution in [1.29, 1.82) is 0 Å². The Morgan fingerprint density at radius 3 is 2.58 bits per heavy atom. The van der Waals surface area contributed by atoms with Crippen LogP contribution in [0.2, 0.25) is 5.02 Å². The number of aryl methyl sites for hydroxylation is 2. The minimum Gasteiger partial charge on any atom is -0.306 e. The van der Waals surface area contributed by atoms with Crippen LogP contribution in [0.1, 0.15) is 21.6 Å². The van der Waals surface area contributed by atoms with E-state index in [2.05, 4.69) is 25.5 Å². The van der Waals surface area contributed by atoms with E-state index in [9.17, 15) is 9.59 Å². The fraction of sp³-hybridized carbons (Fsp3) is 0.0870. The highest BCUT2D eigenvalue weighted by molar-refractivity contribution is 6.30. The van der Waals surface area contributed by atoms with Gasteiger partial charge in [0.2, 0.25) is 5.95 Å². The Morgan fingerprint density at radius 2 is 1.82 bits per heavy atom. The van der Waals surface area contributed by atoms with E-state index < -0.39 is 0 Å². The van der Waals surface area contributed by atoms with Gasteiger partial charge in [0, 0.05) is 16.7 Å². The number of fused-ring (bicyclic) bond motifs is 1. The lowest BCUT2D eigenvalue weighted by Gasteiger charge is -2.10. The normalized spacial score (nSPS) is 11.1. The first-order valence-corrected chi connectivity index (χ1v) is 10.5. The molecule has 3 heterocycles. The molecule has 0 atom stereocenters. The van der Waals surface area contributed by atoms with Crippen molar-refractivity contribution in [3.8, 4) is 11.6 Å². The van der Waals surface area contributed by atoms with Crippen LogP contribution in [0, 0.1) is 13.8 Å². The van der Waals surface area contributed by atoms with Crippen molar-refractivity contribution < 1.29 is 4.79 Å². The fourth-order valence-electron chi connectivity index (χ4n) is 3.54.